The van der Waals surface area contributed by atoms with Crippen LogP contribution in [0.4, 0.5) is 0 Å². The zero-order valence-corrected chi connectivity index (χ0v) is 12.8. The number of hydrogen-bond donors (Lipinski definition) is 0. The van der Waals surface area contributed by atoms with Crippen LogP contribution in [0.5, 0.6) is 0 Å². The SMILES string of the molecule is CC(C)(C)OC(=O)[C@H]1CCCN1C(=O)Cc1ccncc1. The van der Waals surface area contributed by atoms with E-state index in [2.05, 4.69) is 4.98 Å². The Hall–Kier alpha value is -1.91. The molecule has 114 valence electrons. The van der Waals surface area contributed by atoms with Crippen LogP contribution in [0, 0.1) is 0 Å². The molecule has 2 rings (SSSR count). The maximum absolute atomic E-state index is 12.4. The van der Waals surface area contributed by atoms with Crippen LogP contribution in [0.3, 0.4) is 0 Å². The average molecular weight is 290 g/mol. The van der Waals surface area contributed by atoms with E-state index >= 15 is 0 Å². The van der Waals surface area contributed by atoms with Gasteiger partial charge in [-0.15, -0.1) is 0 Å². The van der Waals surface area contributed by atoms with Crippen molar-refractivity contribution in [2.75, 3.05) is 6.54 Å². The third kappa shape index (κ3) is 4.28. The molecule has 1 fully saturated rings. The van der Waals surface area contributed by atoms with Gasteiger partial charge in [-0.2, -0.15) is 0 Å². The fourth-order valence-electron chi connectivity index (χ4n) is 2.46. The summed E-state index contributed by atoms with van der Waals surface area (Å²) in [5.74, 6) is -0.336. The summed E-state index contributed by atoms with van der Waals surface area (Å²) in [6.07, 6.45) is 5.14. The first kappa shape index (κ1) is 15.5. The number of rotatable bonds is 3. The third-order valence-electron chi connectivity index (χ3n) is 3.36. The molecule has 1 aliphatic heterocycles. The Balaban J connectivity index is 2.01. The van der Waals surface area contributed by atoms with Gasteiger partial charge in [-0.05, 0) is 51.3 Å². The predicted octanol–water partition coefficient (Wildman–Crippen LogP) is 1.96. The number of carbonyl (C=O) groups excluding carboxylic acids is 2. The van der Waals surface area contributed by atoms with Gasteiger partial charge >= 0.3 is 5.97 Å². The Bertz CT molecular complexity index is 508. The van der Waals surface area contributed by atoms with Gasteiger partial charge < -0.3 is 9.64 Å². The molecule has 1 aliphatic rings. The molecular weight excluding hydrogens is 268 g/mol. The van der Waals surface area contributed by atoms with Gasteiger partial charge in [0.15, 0.2) is 0 Å². The Morgan fingerprint density at radius 2 is 2.00 bits per heavy atom. The van der Waals surface area contributed by atoms with Gasteiger partial charge in [0.25, 0.3) is 0 Å². The van der Waals surface area contributed by atoms with Crippen molar-refractivity contribution in [3.05, 3.63) is 30.1 Å². The lowest BCUT2D eigenvalue weighted by Gasteiger charge is -2.27. The van der Waals surface area contributed by atoms with E-state index in [9.17, 15) is 9.59 Å². The summed E-state index contributed by atoms with van der Waals surface area (Å²) in [7, 11) is 0. The largest absolute Gasteiger partial charge is 0.458 e. The molecule has 1 aromatic heterocycles. The molecule has 0 N–H and O–H groups in total. The number of likely N-dealkylation sites (tertiary alicyclic amines) is 1. The average Bonchev–Trinajstić information content (AvgIpc) is 2.87. The van der Waals surface area contributed by atoms with Gasteiger partial charge in [0.2, 0.25) is 5.91 Å². The van der Waals surface area contributed by atoms with E-state index in [0.717, 1.165) is 12.0 Å². The van der Waals surface area contributed by atoms with Crippen LogP contribution in [0.2, 0.25) is 0 Å². The van der Waals surface area contributed by atoms with E-state index < -0.39 is 11.6 Å². The summed E-state index contributed by atoms with van der Waals surface area (Å²) >= 11 is 0. The fraction of sp³-hybridized carbons (Fsp3) is 0.562. The number of carbonyl (C=O) groups is 2. The Kier molecular flexibility index (Phi) is 4.60. The summed E-state index contributed by atoms with van der Waals surface area (Å²) in [5, 5.41) is 0. The highest BCUT2D eigenvalue weighted by Gasteiger charge is 2.36. The molecule has 0 unspecified atom stereocenters. The minimum absolute atomic E-state index is 0.0328. The Morgan fingerprint density at radius 1 is 1.33 bits per heavy atom. The van der Waals surface area contributed by atoms with E-state index in [-0.39, 0.29) is 11.9 Å². The zero-order chi connectivity index (χ0) is 15.5. The number of pyridine rings is 1. The van der Waals surface area contributed by atoms with Crippen LogP contribution >= 0.6 is 0 Å². The monoisotopic (exact) mass is 290 g/mol. The van der Waals surface area contributed by atoms with Crippen molar-refractivity contribution in [1.82, 2.24) is 9.88 Å². The van der Waals surface area contributed by atoms with Crippen LogP contribution in [-0.4, -0.2) is 39.9 Å². The van der Waals surface area contributed by atoms with Gasteiger partial charge in [0.05, 0.1) is 6.42 Å². The second kappa shape index (κ2) is 6.24. The number of ether oxygens (including phenoxy) is 1. The van der Waals surface area contributed by atoms with Crippen LogP contribution < -0.4 is 0 Å². The number of nitrogens with zero attached hydrogens (tertiary/aromatic N) is 2. The topological polar surface area (TPSA) is 59.5 Å². The summed E-state index contributed by atoms with van der Waals surface area (Å²) in [6, 6.07) is 3.19. The molecule has 2 heterocycles. The number of hydrogen-bond acceptors (Lipinski definition) is 4. The van der Waals surface area contributed by atoms with E-state index in [1.807, 2.05) is 32.9 Å². The molecule has 21 heavy (non-hydrogen) atoms. The lowest BCUT2D eigenvalue weighted by molar-refractivity contribution is -0.163. The standard InChI is InChI=1S/C16H22N2O3/c1-16(2,3)21-15(20)13-5-4-10-18(13)14(19)11-12-6-8-17-9-7-12/h6-9,13H,4-5,10-11H2,1-3H3/t13-/m1/s1. The van der Waals surface area contributed by atoms with Gasteiger partial charge in [-0.25, -0.2) is 4.79 Å². The van der Waals surface area contributed by atoms with E-state index in [1.54, 1.807) is 17.3 Å². The van der Waals surface area contributed by atoms with Gasteiger partial charge in [-0.3, -0.25) is 9.78 Å². The van der Waals surface area contributed by atoms with Crippen molar-refractivity contribution in [2.24, 2.45) is 0 Å². The highest BCUT2D eigenvalue weighted by Crippen LogP contribution is 2.22. The first-order chi connectivity index (χ1) is 9.87. The smallest absolute Gasteiger partial charge is 0.329 e. The van der Waals surface area contributed by atoms with Crippen LogP contribution in [0.25, 0.3) is 0 Å². The van der Waals surface area contributed by atoms with E-state index in [0.29, 0.717) is 19.4 Å². The van der Waals surface area contributed by atoms with Crippen LogP contribution in [0.1, 0.15) is 39.2 Å². The van der Waals surface area contributed by atoms with Crippen LogP contribution in [0.15, 0.2) is 24.5 Å². The molecule has 5 heteroatoms. The molecule has 1 atom stereocenters. The first-order valence-corrected chi connectivity index (χ1v) is 7.28. The number of esters is 1. The summed E-state index contributed by atoms with van der Waals surface area (Å²) in [5.41, 5.74) is 0.379. The molecule has 5 nitrogen and oxygen atoms in total. The lowest BCUT2D eigenvalue weighted by Crippen LogP contribution is -2.44. The molecule has 0 spiro atoms. The quantitative estimate of drug-likeness (QED) is 0.798. The van der Waals surface area contributed by atoms with Crippen molar-refractivity contribution in [2.45, 2.75) is 51.7 Å². The normalized spacial score (nSPS) is 18.6. The molecule has 1 saturated heterocycles. The molecule has 0 aliphatic carbocycles. The van der Waals surface area contributed by atoms with Crippen molar-refractivity contribution in [3.8, 4) is 0 Å². The number of aromatic nitrogens is 1. The lowest BCUT2D eigenvalue weighted by atomic mass is 10.1. The minimum atomic E-state index is -0.528. The molecule has 0 saturated carbocycles. The second-order valence-electron chi connectivity index (χ2n) is 6.31. The second-order valence-corrected chi connectivity index (χ2v) is 6.31. The highest BCUT2D eigenvalue weighted by atomic mass is 16.6. The Morgan fingerprint density at radius 3 is 2.62 bits per heavy atom. The minimum Gasteiger partial charge on any atom is -0.458 e. The Labute approximate surface area is 125 Å². The maximum Gasteiger partial charge on any atom is 0.329 e. The summed E-state index contributed by atoms with van der Waals surface area (Å²) in [6.45, 7) is 6.13. The van der Waals surface area contributed by atoms with Crippen LogP contribution in [-0.2, 0) is 20.7 Å². The van der Waals surface area contributed by atoms with Gasteiger partial charge in [-0.1, -0.05) is 0 Å². The molecule has 0 aromatic carbocycles. The molecule has 0 radical (unpaired) electrons. The maximum atomic E-state index is 12.4. The summed E-state index contributed by atoms with van der Waals surface area (Å²) in [4.78, 5) is 30.2. The third-order valence-corrected chi connectivity index (χ3v) is 3.36. The molecule has 0 bridgehead atoms. The van der Waals surface area contributed by atoms with Crippen molar-refractivity contribution in [3.63, 3.8) is 0 Å². The first-order valence-electron chi connectivity index (χ1n) is 7.28. The highest BCUT2D eigenvalue weighted by molar-refractivity contribution is 5.86. The van der Waals surface area contributed by atoms with Crippen molar-refractivity contribution < 1.29 is 14.3 Å². The zero-order valence-electron chi connectivity index (χ0n) is 12.8. The van der Waals surface area contributed by atoms with E-state index in [1.165, 1.54) is 0 Å². The van der Waals surface area contributed by atoms with Crippen molar-refractivity contribution >= 4 is 11.9 Å². The predicted molar refractivity (Wildman–Crippen MR) is 78.5 cm³/mol. The molecule has 1 amide bonds. The fourth-order valence-corrected chi connectivity index (χ4v) is 2.46. The summed E-state index contributed by atoms with van der Waals surface area (Å²) < 4.78 is 5.41. The molecule has 1 aromatic rings. The van der Waals surface area contributed by atoms with Gasteiger partial charge in [0.1, 0.15) is 11.6 Å². The van der Waals surface area contributed by atoms with Crippen molar-refractivity contribution in [1.29, 1.82) is 0 Å². The molecular formula is C16H22N2O3. The van der Waals surface area contributed by atoms with E-state index in [4.69, 9.17) is 4.74 Å². The van der Waals surface area contributed by atoms with Gasteiger partial charge in [0, 0.05) is 18.9 Å². The number of amides is 1.